The maximum atomic E-state index is 4.34. The van der Waals surface area contributed by atoms with Gasteiger partial charge < -0.3 is 4.90 Å². The highest BCUT2D eigenvalue weighted by molar-refractivity contribution is 5.93. The molecule has 1 heteroatoms. The van der Waals surface area contributed by atoms with Crippen molar-refractivity contribution >= 4 is 17.1 Å². The molecule has 0 aromatic heterocycles. The van der Waals surface area contributed by atoms with E-state index in [4.69, 9.17) is 0 Å². The Balaban J connectivity index is 2.05. The molecule has 3 aromatic rings. The van der Waals surface area contributed by atoms with Gasteiger partial charge in [0.1, 0.15) is 0 Å². The van der Waals surface area contributed by atoms with E-state index in [2.05, 4.69) is 73.5 Å². The Hall–Kier alpha value is -3.06. The molecule has 0 aliphatic rings. The molecule has 0 aliphatic heterocycles. The van der Waals surface area contributed by atoms with E-state index in [-0.39, 0.29) is 0 Å². The lowest BCUT2D eigenvalue weighted by Crippen LogP contribution is -2.18. The highest BCUT2D eigenvalue weighted by Crippen LogP contribution is 2.33. The van der Waals surface area contributed by atoms with E-state index in [1.807, 2.05) is 36.4 Å². The molecule has 0 saturated carbocycles. The van der Waals surface area contributed by atoms with Crippen molar-refractivity contribution in [2.45, 2.75) is 6.92 Å². The summed E-state index contributed by atoms with van der Waals surface area (Å²) in [6.45, 7) is 10.8. The quantitative estimate of drug-likeness (QED) is 0.547. The number of hydrogen-bond donors (Lipinski definition) is 0. The molecule has 0 spiro atoms. The minimum atomic E-state index is 0.910. The Morgan fingerprint density at radius 1 is 0.625 bits per heavy atom. The summed E-state index contributed by atoms with van der Waals surface area (Å²) in [7, 11) is 0. The summed E-state index contributed by atoms with van der Waals surface area (Å²) in [6, 6.07) is 28.9. The molecule has 0 aliphatic carbocycles. The molecular weight excluding hydrogens is 290 g/mol. The molecule has 0 saturated heterocycles. The van der Waals surface area contributed by atoms with E-state index in [9.17, 15) is 0 Å². The van der Waals surface area contributed by atoms with Gasteiger partial charge in [-0.05, 0) is 30.2 Å². The first-order valence-corrected chi connectivity index (χ1v) is 8.02. The molecule has 3 rings (SSSR count). The predicted octanol–water partition coefficient (Wildman–Crippen LogP) is 6.14. The van der Waals surface area contributed by atoms with E-state index in [0.29, 0.717) is 0 Å². The van der Waals surface area contributed by atoms with E-state index < -0.39 is 0 Å². The lowest BCUT2D eigenvalue weighted by Gasteiger charge is -2.29. The van der Waals surface area contributed by atoms with E-state index in [1.165, 1.54) is 5.56 Å². The SMILES string of the molecule is C=C(c1ccccc1)N(C(=C)c1ccccc1)c1ccc(C)cc1. The fourth-order valence-corrected chi connectivity index (χ4v) is 2.69. The van der Waals surface area contributed by atoms with Gasteiger partial charge in [0.15, 0.2) is 0 Å². The summed E-state index contributed by atoms with van der Waals surface area (Å²) < 4.78 is 0. The highest BCUT2D eigenvalue weighted by Gasteiger charge is 2.16. The minimum Gasteiger partial charge on any atom is -0.310 e. The van der Waals surface area contributed by atoms with Crippen LogP contribution in [0.25, 0.3) is 11.4 Å². The average molecular weight is 311 g/mol. The second-order valence-corrected chi connectivity index (χ2v) is 5.80. The molecule has 0 atom stereocenters. The maximum Gasteiger partial charge on any atom is 0.0462 e. The van der Waals surface area contributed by atoms with Gasteiger partial charge in [0, 0.05) is 17.1 Å². The van der Waals surface area contributed by atoms with Crippen LogP contribution in [0.15, 0.2) is 98.1 Å². The largest absolute Gasteiger partial charge is 0.310 e. The number of aryl methyl sites for hydroxylation is 1. The minimum absolute atomic E-state index is 0.910. The van der Waals surface area contributed by atoms with Crippen molar-refractivity contribution in [2.24, 2.45) is 0 Å². The molecule has 0 bridgehead atoms. The lowest BCUT2D eigenvalue weighted by molar-refractivity contribution is 1.30. The second kappa shape index (κ2) is 7.01. The van der Waals surface area contributed by atoms with Crippen LogP contribution >= 0.6 is 0 Å². The third kappa shape index (κ3) is 3.31. The van der Waals surface area contributed by atoms with Crippen LogP contribution in [0.1, 0.15) is 16.7 Å². The summed E-state index contributed by atoms with van der Waals surface area (Å²) in [5.74, 6) is 0. The van der Waals surface area contributed by atoms with E-state index in [0.717, 1.165) is 28.2 Å². The van der Waals surface area contributed by atoms with Crippen molar-refractivity contribution in [2.75, 3.05) is 4.90 Å². The summed E-state index contributed by atoms with van der Waals surface area (Å²) in [4.78, 5) is 2.12. The Morgan fingerprint density at radius 3 is 1.46 bits per heavy atom. The molecule has 24 heavy (non-hydrogen) atoms. The maximum absolute atomic E-state index is 4.34. The van der Waals surface area contributed by atoms with Gasteiger partial charge >= 0.3 is 0 Å². The van der Waals surface area contributed by atoms with Gasteiger partial charge in [0.2, 0.25) is 0 Å². The normalized spacial score (nSPS) is 10.2. The smallest absolute Gasteiger partial charge is 0.0462 e. The van der Waals surface area contributed by atoms with Crippen molar-refractivity contribution in [3.63, 3.8) is 0 Å². The first-order chi connectivity index (χ1) is 11.7. The van der Waals surface area contributed by atoms with Crippen LogP contribution in [-0.2, 0) is 0 Å². The molecule has 0 radical (unpaired) electrons. The third-order valence-electron chi connectivity index (χ3n) is 4.05. The van der Waals surface area contributed by atoms with Crippen LogP contribution in [0, 0.1) is 6.92 Å². The molecule has 0 fully saturated rings. The van der Waals surface area contributed by atoms with Crippen LogP contribution in [0.3, 0.4) is 0 Å². The van der Waals surface area contributed by atoms with Crippen molar-refractivity contribution in [1.29, 1.82) is 0 Å². The molecule has 0 amide bonds. The van der Waals surface area contributed by atoms with Crippen LogP contribution in [0.5, 0.6) is 0 Å². The van der Waals surface area contributed by atoms with Gasteiger partial charge in [-0.3, -0.25) is 0 Å². The van der Waals surface area contributed by atoms with Gasteiger partial charge in [0.05, 0.1) is 0 Å². The van der Waals surface area contributed by atoms with Crippen LogP contribution < -0.4 is 4.90 Å². The van der Waals surface area contributed by atoms with Crippen molar-refractivity contribution in [3.05, 3.63) is 115 Å². The first kappa shape index (κ1) is 15.8. The van der Waals surface area contributed by atoms with Crippen molar-refractivity contribution < 1.29 is 0 Å². The topological polar surface area (TPSA) is 3.24 Å². The van der Waals surface area contributed by atoms with Gasteiger partial charge in [-0.25, -0.2) is 0 Å². The second-order valence-electron chi connectivity index (χ2n) is 5.80. The lowest BCUT2D eigenvalue weighted by atomic mass is 10.1. The summed E-state index contributed by atoms with van der Waals surface area (Å²) >= 11 is 0. The van der Waals surface area contributed by atoms with Crippen LogP contribution in [-0.4, -0.2) is 0 Å². The van der Waals surface area contributed by atoms with E-state index >= 15 is 0 Å². The number of anilines is 1. The molecular formula is C23H21N. The predicted molar refractivity (Wildman–Crippen MR) is 105 cm³/mol. The highest BCUT2D eigenvalue weighted by atomic mass is 15.2. The number of benzene rings is 3. The Kier molecular flexibility index (Phi) is 4.62. The van der Waals surface area contributed by atoms with Gasteiger partial charge in [-0.2, -0.15) is 0 Å². The standard InChI is InChI=1S/C23H21N/c1-18-14-16-23(17-15-18)24(19(2)21-10-6-4-7-11-21)20(3)22-12-8-5-9-13-22/h4-17H,2-3H2,1H3. The molecule has 0 N–H and O–H groups in total. The third-order valence-corrected chi connectivity index (χ3v) is 4.05. The Bertz CT molecular complexity index is 779. The van der Waals surface area contributed by atoms with Gasteiger partial charge in [-0.1, -0.05) is 91.5 Å². The average Bonchev–Trinajstić information content (AvgIpc) is 2.64. The zero-order chi connectivity index (χ0) is 16.9. The van der Waals surface area contributed by atoms with Gasteiger partial charge in [0.25, 0.3) is 0 Å². The Labute approximate surface area is 144 Å². The van der Waals surface area contributed by atoms with Crippen molar-refractivity contribution in [3.8, 4) is 0 Å². The first-order valence-electron chi connectivity index (χ1n) is 8.02. The fraction of sp³-hybridized carbons (Fsp3) is 0.0435. The summed E-state index contributed by atoms with van der Waals surface area (Å²) in [5, 5.41) is 0. The molecule has 118 valence electrons. The molecule has 1 nitrogen and oxygen atoms in total. The van der Waals surface area contributed by atoms with Crippen LogP contribution in [0.2, 0.25) is 0 Å². The number of rotatable bonds is 5. The summed E-state index contributed by atoms with van der Waals surface area (Å²) in [5.41, 5.74) is 6.27. The molecule has 3 aromatic carbocycles. The number of nitrogens with zero attached hydrogens (tertiary/aromatic N) is 1. The Morgan fingerprint density at radius 2 is 1.04 bits per heavy atom. The fourth-order valence-electron chi connectivity index (χ4n) is 2.69. The zero-order valence-corrected chi connectivity index (χ0v) is 13.9. The zero-order valence-electron chi connectivity index (χ0n) is 13.9. The molecule has 0 unspecified atom stereocenters. The van der Waals surface area contributed by atoms with Crippen molar-refractivity contribution in [1.82, 2.24) is 0 Å². The summed E-state index contributed by atoms with van der Waals surface area (Å²) in [6.07, 6.45) is 0. The monoisotopic (exact) mass is 311 g/mol. The van der Waals surface area contributed by atoms with E-state index in [1.54, 1.807) is 0 Å². The molecule has 0 heterocycles. The number of hydrogen-bond acceptors (Lipinski definition) is 1. The van der Waals surface area contributed by atoms with Crippen LogP contribution in [0.4, 0.5) is 5.69 Å². The van der Waals surface area contributed by atoms with Gasteiger partial charge in [-0.15, -0.1) is 0 Å².